The zero-order chi connectivity index (χ0) is 16.7. The Morgan fingerprint density at radius 2 is 1.91 bits per heavy atom. The molecule has 1 atom stereocenters. The summed E-state index contributed by atoms with van der Waals surface area (Å²) in [6.45, 7) is 9.81. The third-order valence-electron chi connectivity index (χ3n) is 3.43. The topological polar surface area (TPSA) is 55.4 Å². The number of thioether (sulfide) groups is 1. The van der Waals surface area contributed by atoms with Crippen molar-refractivity contribution in [3.05, 3.63) is 29.3 Å². The summed E-state index contributed by atoms with van der Waals surface area (Å²) < 4.78 is 5.00. The number of hydrogen-bond acceptors (Lipinski definition) is 4. The van der Waals surface area contributed by atoms with Gasteiger partial charge in [0.05, 0.1) is 5.75 Å². The van der Waals surface area contributed by atoms with Gasteiger partial charge in [0.1, 0.15) is 0 Å². The molecule has 1 N–H and O–H groups in total. The highest BCUT2D eigenvalue weighted by molar-refractivity contribution is 8.00. The lowest BCUT2D eigenvalue weighted by atomic mass is 10.1. The van der Waals surface area contributed by atoms with E-state index in [1.807, 2.05) is 46.8 Å². The summed E-state index contributed by atoms with van der Waals surface area (Å²) >= 11 is 1.43. The van der Waals surface area contributed by atoms with Crippen LogP contribution in [0.5, 0.6) is 0 Å². The molecule has 0 aromatic heterocycles. The third-order valence-corrected chi connectivity index (χ3v) is 4.58. The molecule has 5 heteroatoms. The van der Waals surface area contributed by atoms with Crippen molar-refractivity contribution < 1.29 is 14.3 Å². The Morgan fingerprint density at radius 1 is 1.23 bits per heavy atom. The smallest absolute Gasteiger partial charge is 0.316 e. The minimum absolute atomic E-state index is 0.0655. The summed E-state index contributed by atoms with van der Waals surface area (Å²) in [5, 5.41) is 2.80. The summed E-state index contributed by atoms with van der Waals surface area (Å²) in [7, 11) is 0. The first-order chi connectivity index (χ1) is 10.3. The quantitative estimate of drug-likeness (QED) is 0.619. The van der Waals surface area contributed by atoms with E-state index in [1.54, 1.807) is 0 Å². The van der Waals surface area contributed by atoms with E-state index in [0.29, 0.717) is 5.92 Å². The highest BCUT2D eigenvalue weighted by atomic mass is 32.2. The van der Waals surface area contributed by atoms with Gasteiger partial charge >= 0.3 is 5.97 Å². The van der Waals surface area contributed by atoms with Crippen LogP contribution in [0.4, 0.5) is 0 Å². The lowest BCUT2D eigenvalue weighted by molar-refractivity contribution is -0.146. The lowest BCUT2D eigenvalue weighted by Crippen LogP contribution is -2.38. The summed E-state index contributed by atoms with van der Waals surface area (Å²) in [6.07, 6.45) is 0. The number of carbonyl (C=O) groups excluding carboxylic acids is 2. The minimum atomic E-state index is -0.377. The number of rotatable bonds is 7. The fourth-order valence-corrected chi connectivity index (χ4v) is 2.56. The maximum atomic E-state index is 11.7. The molecule has 1 amide bonds. The van der Waals surface area contributed by atoms with Crippen molar-refractivity contribution in [1.82, 2.24) is 5.32 Å². The summed E-state index contributed by atoms with van der Waals surface area (Å²) in [6, 6.07) is 6.16. The van der Waals surface area contributed by atoms with Gasteiger partial charge in [-0.25, -0.2) is 0 Å². The van der Waals surface area contributed by atoms with E-state index >= 15 is 0 Å². The number of ether oxygens (including phenoxy) is 1. The second-order valence-corrected chi connectivity index (χ2v) is 6.84. The highest BCUT2D eigenvalue weighted by Gasteiger charge is 2.13. The highest BCUT2D eigenvalue weighted by Crippen LogP contribution is 2.23. The van der Waals surface area contributed by atoms with Gasteiger partial charge in [0.2, 0.25) is 0 Å². The molecule has 22 heavy (non-hydrogen) atoms. The van der Waals surface area contributed by atoms with Crippen molar-refractivity contribution in [3.63, 3.8) is 0 Å². The van der Waals surface area contributed by atoms with Crippen LogP contribution in [0.3, 0.4) is 0 Å². The van der Waals surface area contributed by atoms with Gasteiger partial charge < -0.3 is 10.1 Å². The first kappa shape index (κ1) is 18.6. The van der Waals surface area contributed by atoms with Crippen molar-refractivity contribution >= 4 is 23.6 Å². The van der Waals surface area contributed by atoms with Gasteiger partial charge in [-0.05, 0) is 38.3 Å². The predicted octanol–water partition coefficient (Wildman–Crippen LogP) is 3.10. The maximum absolute atomic E-state index is 11.7. The van der Waals surface area contributed by atoms with E-state index < -0.39 is 0 Å². The fourth-order valence-electron chi connectivity index (χ4n) is 1.75. The molecular weight excluding hydrogens is 298 g/mol. The molecule has 0 aliphatic rings. The van der Waals surface area contributed by atoms with Crippen LogP contribution in [-0.4, -0.2) is 30.3 Å². The maximum Gasteiger partial charge on any atom is 0.316 e. The lowest BCUT2D eigenvalue weighted by Gasteiger charge is -2.17. The van der Waals surface area contributed by atoms with Crippen molar-refractivity contribution in [3.8, 4) is 0 Å². The molecule has 0 radical (unpaired) electrons. The molecule has 0 bridgehead atoms. The predicted molar refractivity (Wildman–Crippen MR) is 90.0 cm³/mol. The number of carbonyl (C=O) groups is 2. The summed E-state index contributed by atoms with van der Waals surface area (Å²) in [5.74, 6) is -0.0835. The number of amides is 1. The van der Waals surface area contributed by atoms with E-state index in [1.165, 1.54) is 17.3 Å². The van der Waals surface area contributed by atoms with Gasteiger partial charge in [-0.3, -0.25) is 9.59 Å². The number of benzene rings is 1. The Balaban J connectivity index is 2.33. The fraction of sp³-hybridized carbons (Fsp3) is 0.529. The number of hydrogen-bond donors (Lipinski definition) is 1. The molecule has 0 spiro atoms. The zero-order valence-electron chi connectivity index (χ0n) is 13.9. The van der Waals surface area contributed by atoms with Gasteiger partial charge in [0, 0.05) is 10.9 Å². The van der Waals surface area contributed by atoms with Crippen LogP contribution in [0.25, 0.3) is 0 Å². The zero-order valence-corrected chi connectivity index (χ0v) is 14.8. The second-order valence-electron chi connectivity index (χ2n) is 5.82. The van der Waals surface area contributed by atoms with Crippen LogP contribution < -0.4 is 5.32 Å². The molecular formula is C17H25NO3S. The van der Waals surface area contributed by atoms with Crippen LogP contribution in [0.15, 0.2) is 23.1 Å². The Hall–Kier alpha value is -1.49. The molecule has 0 heterocycles. The van der Waals surface area contributed by atoms with Crippen LogP contribution in [0.2, 0.25) is 0 Å². The Bertz CT molecular complexity index is 529. The number of esters is 1. The molecule has 0 aliphatic heterocycles. The first-order valence-electron chi connectivity index (χ1n) is 7.44. The number of nitrogens with one attached hydrogen (secondary N) is 1. The Morgan fingerprint density at radius 3 is 2.50 bits per heavy atom. The van der Waals surface area contributed by atoms with Crippen LogP contribution in [-0.2, 0) is 14.3 Å². The normalized spacial score (nSPS) is 12.1. The molecule has 4 nitrogen and oxygen atoms in total. The Kier molecular flexibility index (Phi) is 7.45. The van der Waals surface area contributed by atoms with Crippen molar-refractivity contribution in [2.24, 2.45) is 5.92 Å². The average Bonchev–Trinajstić information content (AvgIpc) is 2.44. The molecule has 1 rings (SSSR count). The summed E-state index contributed by atoms with van der Waals surface area (Å²) in [4.78, 5) is 24.4. The van der Waals surface area contributed by atoms with E-state index in [0.717, 1.165) is 10.5 Å². The molecule has 0 aliphatic carbocycles. The van der Waals surface area contributed by atoms with Crippen molar-refractivity contribution in [2.75, 3.05) is 12.4 Å². The van der Waals surface area contributed by atoms with Gasteiger partial charge in [0.25, 0.3) is 5.91 Å². The van der Waals surface area contributed by atoms with Crippen molar-refractivity contribution in [2.45, 2.75) is 45.6 Å². The average molecular weight is 323 g/mol. The van der Waals surface area contributed by atoms with Crippen LogP contribution in [0.1, 0.15) is 31.9 Å². The molecule has 1 aromatic carbocycles. The third kappa shape index (κ3) is 6.52. The largest absolute Gasteiger partial charge is 0.455 e. The van der Waals surface area contributed by atoms with Gasteiger partial charge in [0.15, 0.2) is 6.61 Å². The van der Waals surface area contributed by atoms with E-state index in [-0.39, 0.29) is 30.3 Å². The number of aryl methyl sites for hydroxylation is 2. The van der Waals surface area contributed by atoms with Gasteiger partial charge in [-0.1, -0.05) is 31.5 Å². The molecule has 122 valence electrons. The molecule has 1 aromatic rings. The molecule has 0 saturated heterocycles. The van der Waals surface area contributed by atoms with Crippen molar-refractivity contribution in [1.29, 1.82) is 0 Å². The van der Waals surface area contributed by atoms with Gasteiger partial charge in [-0.15, -0.1) is 11.8 Å². The van der Waals surface area contributed by atoms with Crippen LogP contribution in [0, 0.1) is 19.8 Å². The first-order valence-corrected chi connectivity index (χ1v) is 8.43. The van der Waals surface area contributed by atoms with E-state index in [9.17, 15) is 9.59 Å². The second kappa shape index (κ2) is 8.83. The minimum Gasteiger partial charge on any atom is -0.455 e. The molecule has 0 fully saturated rings. The van der Waals surface area contributed by atoms with Crippen LogP contribution >= 0.6 is 11.8 Å². The standard InChI is InChI=1S/C17H25NO3S/c1-11(2)14(5)18-16(19)9-21-17(20)10-22-15-7-6-12(3)8-13(15)4/h6-8,11,14H,9-10H2,1-5H3,(H,18,19)/t14-/m0/s1. The Labute approximate surface area is 137 Å². The molecule has 0 saturated carbocycles. The molecule has 0 unspecified atom stereocenters. The van der Waals surface area contributed by atoms with Gasteiger partial charge in [-0.2, -0.15) is 0 Å². The summed E-state index contributed by atoms with van der Waals surface area (Å²) in [5.41, 5.74) is 2.33. The SMILES string of the molecule is Cc1ccc(SCC(=O)OCC(=O)N[C@@H](C)C(C)C)c(C)c1. The van der Waals surface area contributed by atoms with E-state index in [4.69, 9.17) is 4.74 Å². The monoisotopic (exact) mass is 323 g/mol. The van der Waals surface area contributed by atoms with E-state index in [2.05, 4.69) is 11.4 Å².